The number of amides is 2. The number of β-amino-alcohol motifs (C(OH)–C–C–N with tert-alkyl or cyclic N) is 1. The third-order valence-electron chi connectivity index (χ3n) is 6.53. The number of aromatic nitrogens is 2. The number of aliphatic hydroxyl groups is 1. The maximum absolute atomic E-state index is 13.5. The second-order valence-electron chi connectivity index (χ2n) is 9.61. The highest BCUT2D eigenvalue weighted by Crippen LogP contribution is 2.32. The van der Waals surface area contributed by atoms with E-state index in [0.717, 1.165) is 21.7 Å². The van der Waals surface area contributed by atoms with Gasteiger partial charge in [0.2, 0.25) is 11.8 Å². The molecule has 1 fully saturated rings. The number of aliphatic hydroxyl groups excluding tert-OH is 1. The van der Waals surface area contributed by atoms with Gasteiger partial charge in [0.1, 0.15) is 17.7 Å². The Morgan fingerprint density at radius 3 is 2.49 bits per heavy atom. The van der Waals surface area contributed by atoms with Gasteiger partial charge in [-0.15, -0.1) is 11.3 Å². The molecule has 0 bridgehead atoms. The average Bonchev–Trinajstić information content (AvgIpc) is 3.53. The van der Waals surface area contributed by atoms with E-state index in [9.17, 15) is 14.7 Å². The molecule has 1 unspecified atom stereocenters. The van der Waals surface area contributed by atoms with Crippen LogP contribution in [0.2, 0.25) is 0 Å². The molecule has 2 aromatic heterocycles. The highest BCUT2D eigenvalue weighted by atomic mass is 32.1. The van der Waals surface area contributed by atoms with Gasteiger partial charge in [-0.05, 0) is 37.8 Å². The third kappa shape index (κ3) is 5.31. The predicted molar refractivity (Wildman–Crippen MR) is 134 cm³/mol. The fourth-order valence-electron chi connectivity index (χ4n) is 4.64. The molecule has 186 valence electrons. The fourth-order valence-corrected chi connectivity index (χ4v) is 5.46. The summed E-state index contributed by atoms with van der Waals surface area (Å²) >= 11 is 1.60. The van der Waals surface area contributed by atoms with Crippen LogP contribution in [-0.4, -0.2) is 50.7 Å². The molecule has 0 saturated carbocycles. The molecule has 3 aromatic rings. The minimum atomic E-state index is -0.754. The van der Waals surface area contributed by atoms with Crippen molar-refractivity contribution < 1.29 is 19.2 Å². The van der Waals surface area contributed by atoms with E-state index in [-0.39, 0.29) is 36.7 Å². The SMILES string of the molecule is Cc1cc([C@H](C(=O)N2C[C@H](O)CC2C(=O)N[C@@H](C)c2ccc(-c3scnc3C)cc2)C(C)C)on1. The van der Waals surface area contributed by atoms with Crippen LogP contribution in [-0.2, 0) is 9.59 Å². The lowest BCUT2D eigenvalue weighted by atomic mass is 9.91. The number of benzene rings is 1. The number of thiazole rings is 1. The number of hydrogen-bond donors (Lipinski definition) is 2. The molecule has 3 heterocycles. The summed E-state index contributed by atoms with van der Waals surface area (Å²) in [6.07, 6.45) is -0.551. The summed E-state index contributed by atoms with van der Waals surface area (Å²) in [6, 6.07) is 8.79. The van der Waals surface area contributed by atoms with Crippen LogP contribution < -0.4 is 5.32 Å². The van der Waals surface area contributed by atoms with Crippen molar-refractivity contribution in [1.82, 2.24) is 20.4 Å². The van der Waals surface area contributed by atoms with Gasteiger partial charge >= 0.3 is 0 Å². The molecule has 0 spiro atoms. The van der Waals surface area contributed by atoms with Gasteiger partial charge in [-0.3, -0.25) is 9.59 Å². The van der Waals surface area contributed by atoms with Crippen molar-refractivity contribution in [3.05, 3.63) is 58.6 Å². The summed E-state index contributed by atoms with van der Waals surface area (Å²) in [5.74, 6) is -0.661. The summed E-state index contributed by atoms with van der Waals surface area (Å²) in [5.41, 5.74) is 5.56. The summed E-state index contributed by atoms with van der Waals surface area (Å²) in [6.45, 7) is 9.68. The Bertz CT molecular complexity index is 1190. The first-order chi connectivity index (χ1) is 16.7. The zero-order valence-electron chi connectivity index (χ0n) is 20.7. The Labute approximate surface area is 209 Å². The molecule has 1 aliphatic rings. The first-order valence-corrected chi connectivity index (χ1v) is 12.8. The number of carbonyl (C=O) groups excluding carboxylic acids is 2. The highest BCUT2D eigenvalue weighted by Gasteiger charge is 2.43. The molecule has 4 rings (SSSR count). The average molecular weight is 497 g/mol. The van der Waals surface area contributed by atoms with Crippen LogP contribution in [0.3, 0.4) is 0 Å². The summed E-state index contributed by atoms with van der Waals surface area (Å²) in [7, 11) is 0. The van der Waals surface area contributed by atoms with Crippen LogP contribution in [0.1, 0.15) is 61.9 Å². The fraction of sp³-hybridized carbons (Fsp3) is 0.462. The van der Waals surface area contributed by atoms with Gasteiger partial charge < -0.3 is 19.8 Å². The number of nitrogens with one attached hydrogen (secondary N) is 1. The van der Waals surface area contributed by atoms with Gasteiger partial charge in [-0.25, -0.2) is 4.98 Å². The van der Waals surface area contributed by atoms with E-state index in [1.807, 2.05) is 57.5 Å². The van der Waals surface area contributed by atoms with Crippen LogP contribution >= 0.6 is 11.3 Å². The molecule has 0 aliphatic carbocycles. The second-order valence-corrected chi connectivity index (χ2v) is 10.5. The van der Waals surface area contributed by atoms with Gasteiger partial charge in [0.15, 0.2) is 0 Å². The zero-order chi connectivity index (χ0) is 25.3. The molecule has 35 heavy (non-hydrogen) atoms. The standard InChI is InChI=1S/C26H32N4O4S/c1-14(2)23(22-10-15(3)29-34-22)26(33)30-12-20(31)11-21(30)25(32)28-16(4)18-6-8-19(9-7-18)24-17(5)27-13-35-24/h6-10,13-14,16,20-21,23,31H,11-12H2,1-5H3,(H,28,32)/t16-,20+,21?,23+/m0/s1. The Balaban J connectivity index is 1.47. The van der Waals surface area contributed by atoms with E-state index in [2.05, 4.69) is 15.5 Å². The van der Waals surface area contributed by atoms with Crippen LogP contribution in [0.15, 0.2) is 40.4 Å². The second kappa shape index (κ2) is 10.3. The highest BCUT2D eigenvalue weighted by molar-refractivity contribution is 7.13. The Hall–Kier alpha value is -3.04. The first kappa shape index (κ1) is 25.1. The zero-order valence-corrected chi connectivity index (χ0v) is 21.5. The van der Waals surface area contributed by atoms with Crippen molar-refractivity contribution in [2.24, 2.45) is 5.92 Å². The van der Waals surface area contributed by atoms with Gasteiger partial charge in [0.05, 0.1) is 33.9 Å². The van der Waals surface area contributed by atoms with Crippen molar-refractivity contribution >= 4 is 23.2 Å². The largest absolute Gasteiger partial charge is 0.391 e. The van der Waals surface area contributed by atoms with Crippen LogP contribution in [0, 0.1) is 19.8 Å². The third-order valence-corrected chi connectivity index (χ3v) is 7.50. The molecule has 8 nitrogen and oxygen atoms in total. The van der Waals surface area contributed by atoms with Crippen molar-refractivity contribution in [2.45, 2.75) is 65.1 Å². The quantitative estimate of drug-likeness (QED) is 0.512. The van der Waals surface area contributed by atoms with Crippen molar-refractivity contribution in [3.63, 3.8) is 0 Å². The van der Waals surface area contributed by atoms with E-state index in [1.165, 1.54) is 4.90 Å². The molecule has 4 atom stereocenters. The maximum atomic E-state index is 13.5. The van der Waals surface area contributed by atoms with Gasteiger partial charge in [0, 0.05) is 19.0 Å². The lowest BCUT2D eigenvalue weighted by Crippen LogP contribution is -2.48. The van der Waals surface area contributed by atoms with Crippen molar-refractivity contribution in [1.29, 1.82) is 0 Å². The molecule has 2 N–H and O–H groups in total. The number of aryl methyl sites for hydroxylation is 2. The lowest BCUT2D eigenvalue weighted by Gasteiger charge is -2.29. The topological polar surface area (TPSA) is 109 Å². The molecular weight excluding hydrogens is 464 g/mol. The van der Waals surface area contributed by atoms with E-state index >= 15 is 0 Å². The minimum absolute atomic E-state index is 0.0593. The molecule has 1 aromatic carbocycles. The van der Waals surface area contributed by atoms with Gasteiger partial charge in [0.25, 0.3) is 0 Å². The van der Waals surface area contributed by atoms with Gasteiger partial charge in [-0.1, -0.05) is 43.3 Å². The number of carbonyl (C=O) groups is 2. The molecule has 2 amide bonds. The predicted octanol–water partition coefficient (Wildman–Crippen LogP) is 3.99. The lowest BCUT2D eigenvalue weighted by molar-refractivity contribution is -0.141. The van der Waals surface area contributed by atoms with Crippen LogP contribution in [0.5, 0.6) is 0 Å². The molecule has 0 radical (unpaired) electrons. The van der Waals surface area contributed by atoms with E-state index in [1.54, 1.807) is 24.3 Å². The maximum Gasteiger partial charge on any atom is 0.243 e. The number of nitrogens with zero attached hydrogens (tertiary/aromatic N) is 3. The summed E-state index contributed by atoms with van der Waals surface area (Å²) < 4.78 is 5.39. The molecule has 1 saturated heterocycles. The number of rotatable bonds is 7. The first-order valence-electron chi connectivity index (χ1n) is 11.9. The Morgan fingerprint density at radius 2 is 1.91 bits per heavy atom. The minimum Gasteiger partial charge on any atom is -0.391 e. The monoisotopic (exact) mass is 496 g/mol. The molecule has 9 heteroatoms. The van der Waals surface area contributed by atoms with E-state index < -0.39 is 18.1 Å². The Morgan fingerprint density at radius 1 is 1.20 bits per heavy atom. The molecular formula is C26H32N4O4S. The van der Waals surface area contributed by atoms with E-state index in [0.29, 0.717) is 11.5 Å². The van der Waals surface area contributed by atoms with E-state index in [4.69, 9.17) is 4.52 Å². The summed E-state index contributed by atoms with van der Waals surface area (Å²) in [4.78, 5) is 33.7. The van der Waals surface area contributed by atoms with Crippen molar-refractivity contribution in [3.8, 4) is 10.4 Å². The molecule has 1 aliphatic heterocycles. The number of hydrogen-bond acceptors (Lipinski definition) is 7. The van der Waals surface area contributed by atoms with Gasteiger partial charge in [-0.2, -0.15) is 0 Å². The van der Waals surface area contributed by atoms with Crippen molar-refractivity contribution in [2.75, 3.05) is 6.54 Å². The van der Waals surface area contributed by atoms with Crippen LogP contribution in [0.25, 0.3) is 10.4 Å². The van der Waals surface area contributed by atoms with Crippen LogP contribution in [0.4, 0.5) is 0 Å². The number of likely N-dealkylation sites (tertiary alicyclic amines) is 1. The Kier molecular flexibility index (Phi) is 7.37. The normalized spacial score (nSPS) is 19.7. The summed E-state index contributed by atoms with van der Waals surface area (Å²) in [5, 5.41) is 17.3. The smallest absolute Gasteiger partial charge is 0.243 e.